The van der Waals surface area contributed by atoms with Crippen LogP contribution in [0.15, 0.2) is 54.9 Å². The van der Waals surface area contributed by atoms with Gasteiger partial charge in [-0.25, -0.2) is 8.78 Å². The zero-order valence-electron chi connectivity index (χ0n) is 12.6. The molecule has 0 amide bonds. The maximum atomic E-state index is 13.6. The van der Waals surface area contributed by atoms with Gasteiger partial charge in [-0.3, -0.25) is 0 Å². The van der Waals surface area contributed by atoms with Crippen molar-refractivity contribution in [1.29, 1.82) is 0 Å². The standard InChI is InChI=1S/C18H16F2N2O/c1-11-14-7-15(19)16(20)8-18(14)22(10-17(11)21)9-12-3-5-13(23-2)6-4-12/h3-8,10H,1,9,21H2,2H3. The number of methoxy groups -OCH3 is 1. The number of nitrogens with zero attached hydrogens (tertiary/aromatic N) is 1. The minimum Gasteiger partial charge on any atom is -0.497 e. The molecule has 3 rings (SSSR count). The molecule has 2 aromatic carbocycles. The maximum absolute atomic E-state index is 13.6. The van der Waals surface area contributed by atoms with E-state index in [4.69, 9.17) is 10.5 Å². The lowest BCUT2D eigenvalue weighted by atomic mass is 9.98. The third kappa shape index (κ3) is 2.77. The summed E-state index contributed by atoms with van der Waals surface area (Å²) in [4.78, 5) is 1.78. The van der Waals surface area contributed by atoms with Gasteiger partial charge in [-0.1, -0.05) is 18.7 Å². The molecular weight excluding hydrogens is 298 g/mol. The largest absolute Gasteiger partial charge is 0.497 e. The topological polar surface area (TPSA) is 38.5 Å². The summed E-state index contributed by atoms with van der Waals surface area (Å²) in [6.45, 7) is 4.31. The van der Waals surface area contributed by atoms with Gasteiger partial charge in [0.25, 0.3) is 0 Å². The fraction of sp³-hybridized carbons (Fsp3) is 0.111. The van der Waals surface area contributed by atoms with Gasteiger partial charge in [0.05, 0.1) is 18.5 Å². The molecule has 5 heteroatoms. The Hall–Kier alpha value is -2.82. The van der Waals surface area contributed by atoms with Crippen molar-refractivity contribution in [1.82, 2.24) is 0 Å². The number of ether oxygens (including phenoxy) is 1. The summed E-state index contributed by atoms with van der Waals surface area (Å²) < 4.78 is 32.3. The van der Waals surface area contributed by atoms with Crippen molar-refractivity contribution in [2.24, 2.45) is 5.73 Å². The van der Waals surface area contributed by atoms with Gasteiger partial charge in [0.15, 0.2) is 11.6 Å². The second-order valence-corrected chi connectivity index (χ2v) is 5.32. The molecule has 23 heavy (non-hydrogen) atoms. The zero-order valence-corrected chi connectivity index (χ0v) is 12.6. The van der Waals surface area contributed by atoms with E-state index in [-0.39, 0.29) is 0 Å². The summed E-state index contributed by atoms with van der Waals surface area (Å²) >= 11 is 0. The molecule has 1 aliphatic heterocycles. The van der Waals surface area contributed by atoms with Crippen LogP contribution in [0.5, 0.6) is 5.75 Å². The molecule has 1 aliphatic rings. The third-order valence-electron chi connectivity index (χ3n) is 3.83. The highest BCUT2D eigenvalue weighted by atomic mass is 19.2. The second-order valence-electron chi connectivity index (χ2n) is 5.32. The van der Waals surface area contributed by atoms with Gasteiger partial charge < -0.3 is 15.4 Å². The molecule has 1 heterocycles. The van der Waals surface area contributed by atoms with E-state index in [9.17, 15) is 8.78 Å². The Morgan fingerprint density at radius 1 is 1.13 bits per heavy atom. The first-order chi connectivity index (χ1) is 11.0. The van der Waals surface area contributed by atoms with Crippen molar-refractivity contribution in [3.63, 3.8) is 0 Å². The number of hydrogen-bond donors (Lipinski definition) is 1. The fourth-order valence-corrected chi connectivity index (χ4v) is 2.54. The van der Waals surface area contributed by atoms with E-state index in [2.05, 4.69) is 6.58 Å². The lowest BCUT2D eigenvalue weighted by molar-refractivity contribution is 0.414. The Morgan fingerprint density at radius 2 is 1.78 bits per heavy atom. The maximum Gasteiger partial charge on any atom is 0.160 e. The van der Waals surface area contributed by atoms with E-state index in [1.807, 2.05) is 24.3 Å². The SMILES string of the molecule is C=C1C(N)=CN(Cc2ccc(OC)cc2)c2cc(F)c(F)cc21. The number of anilines is 1. The van der Waals surface area contributed by atoms with Crippen LogP contribution in [0.2, 0.25) is 0 Å². The predicted molar refractivity (Wildman–Crippen MR) is 86.8 cm³/mol. The van der Waals surface area contributed by atoms with Crippen molar-refractivity contribution in [3.8, 4) is 5.75 Å². The minimum absolute atomic E-state index is 0.428. The van der Waals surface area contributed by atoms with E-state index < -0.39 is 11.6 Å². The second kappa shape index (κ2) is 5.76. The Bertz CT molecular complexity index is 797. The van der Waals surface area contributed by atoms with Gasteiger partial charge in [0.1, 0.15) is 5.75 Å². The lowest BCUT2D eigenvalue weighted by Crippen LogP contribution is -2.24. The quantitative estimate of drug-likeness (QED) is 0.936. The molecule has 0 aliphatic carbocycles. The summed E-state index contributed by atoms with van der Waals surface area (Å²) in [5, 5.41) is 0. The van der Waals surface area contributed by atoms with E-state index in [1.54, 1.807) is 18.2 Å². The normalized spacial score (nSPS) is 13.6. The van der Waals surface area contributed by atoms with E-state index in [0.29, 0.717) is 29.1 Å². The lowest BCUT2D eigenvalue weighted by Gasteiger charge is -2.29. The van der Waals surface area contributed by atoms with Gasteiger partial charge in [-0.05, 0) is 23.8 Å². The molecule has 0 saturated carbocycles. The van der Waals surface area contributed by atoms with Crippen LogP contribution in [0.1, 0.15) is 11.1 Å². The fourth-order valence-electron chi connectivity index (χ4n) is 2.54. The molecule has 0 aromatic heterocycles. The van der Waals surface area contributed by atoms with Gasteiger partial charge in [0.2, 0.25) is 0 Å². The van der Waals surface area contributed by atoms with Crippen LogP contribution >= 0.6 is 0 Å². The molecule has 2 N–H and O–H groups in total. The summed E-state index contributed by atoms with van der Waals surface area (Å²) in [5.74, 6) is -1.06. The highest BCUT2D eigenvalue weighted by Crippen LogP contribution is 2.36. The van der Waals surface area contributed by atoms with Crippen molar-refractivity contribution in [2.45, 2.75) is 6.54 Å². The van der Waals surface area contributed by atoms with Crippen LogP contribution in [0.3, 0.4) is 0 Å². The van der Waals surface area contributed by atoms with E-state index in [1.165, 1.54) is 6.07 Å². The molecule has 0 atom stereocenters. The number of halogens is 2. The van der Waals surface area contributed by atoms with Gasteiger partial charge in [0, 0.05) is 29.9 Å². The van der Waals surface area contributed by atoms with Crippen molar-refractivity contribution >= 4 is 11.3 Å². The monoisotopic (exact) mass is 314 g/mol. The molecule has 0 radical (unpaired) electrons. The summed E-state index contributed by atoms with van der Waals surface area (Å²) in [5.41, 5.74) is 8.90. The molecular formula is C18H16F2N2O. The average Bonchev–Trinajstić information content (AvgIpc) is 2.55. The number of hydrogen-bond acceptors (Lipinski definition) is 3. The molecule has 0 fully saturated rings. The van der Waals surface area contributed by atoms with Crippen LogP contribution in [0.4, 0.5) is 14.5 Å². The Labute approximate surface area is 133 Å². The van der Waals surface area contributed by atoms with Gasteiger partial charge >= 0.3 is 0 Å². The minimum atomic E-state index is -0.913. The summed E-state index contributed by atoms with van der Waals surface area (Å²) in [7, 11) is 1.60. The molecule has 3 nitrogen and oxygen atoms in total. The first-order valence-electron chi connectivity index (χ1n) is 7.05. The molecule has 0 saturated heterocycles. The predicted octanol–water partition coefficient (Wildman–Crippen LogP) is 3.81. The first-order valence-corrected chi connectivity index (χ1v) is 7.05. The first kappa shape index (κ1) is 15.1. The molecule has 0 spiro atoms. The summed E-state index contributed by atoms with van der Waals surface area (Å²) in [6.07, 6.45) is 1.69. The van der Waals surface area contributed by atoms with Gasteiger partial charge in [-0.15, -0.1) is 0 Å². The number of allylic oxidation sites excluding steroid dienone is 1. The zero-order chi connectivity index (χ0) is 16.6. The number of fused-ring (bicyclic) bond motifs is 1. The van der Waals surface area contributed by atoms with Crippen LogP contribution in [-0.4, -0.2) is 7.11 Å². The molecule has 2 aromatic rings. The Balaban J connectivity index is 1.98. The highest BCUT2D eigenvalue weighted by molar-refractivity contribution is 5.88. The Morgan fingerprint density at radius 3 is 2.43 bits per heavy atom. The molecule has 118 valence electrons. The van der Waals surface area contributed by atoms with Crippen LogP contribution in [0.25, 0.3) is 5.57 Å². The van der Waals surface area contributed by atoms with Crippen LogP contribution in [0, 0.1) is 11.6 Å². The van der Waals surface area contributed by atoms with Crippen LogP contribution < -0.4 is 15.4 Å². The van der Waals surface area contributed by atoms with E-state index in [0.717, 1.165) is 17.4 Å². The smallest absolute Gasteiger partial charge is 0.160 e. The number of rotatable bonds is 3. The third-order valence-corrected chi connectivity index (χ3v) is 3.83. The Kier molecular flexibility index (Phi) is 3.78. The highest BCUT2D eigenvalue weighted by Gasteiger charge is 2.22. The molecule has 0 unspecified atom stereocenters. The number of benzene rings is 2. The van der Waals surface area contributed by atoms with E-state index >= 15 is 0 Å². The van der Waals surface area contributed by atoms with Crippen LogP contribution in [-0.2, 0) is 6.54 Å². The average molecular weight is 314 g/mol. The molecule has 0 bridgehead atoms. The number of nitrogens with two attached hydrogens (primary N) is 1. The van der Waals surface area contributed by atoms with Crippen molar-refractivity contribution in [3.05, 3.63) is 77.6 Å². The van der Waals surface area contributed by atoms with Gasteiger partial charge in [-0.2, -0.15) is 0 Å². The summed E-state index contributed by atoms with van der Waals surface area (Å²) in [6, 6.07) is 9.81. The van der Waals surface area contributed by atoms with Crippen molar-refractivity contribution in [2.75, 3.05) is 12.0 Å². The van der Waals surface area contributed by atoms with Crippen molar-refractivity contribution < 1.29 is 13.5 Å².